The summed E-state index contributed by atoms with van der Waals surface area (Å²) in [6.45, 7) is 4.07. The number of aryl methyl sites for hydroxylation is 3. The molecular weight excluding hydrogens is 244 g/mol. The third-order valence-corrected chi connectivity index (χ3v) is 4.00. The Kier molecular flexibility index (Phi) is 3.87. The van der Waals surface area contributed by atoms with Crippen molar-refractivity contribution in [3.63, 3.8) is 0 Å². The SMILES string of the molecule is Cc1ccc(C(=O)CSc2nccn2C)cc1C. The number of thioether (sulfide) groups is 1. The third-order valence-electron chi connectivity index (χ3n) is 2.94. The van der Waals surface area contributed by atoms with Crippen LogP contribution in [0.3, 0.4) is 0 Å². The number of ketones is 1. The number of carbonyl (C=O) groups is 1. The molecule has 0 aliphatic rings. The van der Waals surface area contributed by atoms with Crippen molar-refractivity contribution in [2.45, 2.75) is 19.0 Å². The van der Waals surface area contributed by atoms with Gasteiger partial charge in [0.1, 0.15) is 0 Å². The first-order chi connectivity index (χ1) is 8.58. The van der Waals surface area contributed by atoms with E-state index < -0.39 is 0 Å². The summed E-state index contributed by atoms with van der Waals surface area (Å²) >= 11 is 1.47. The van der Waals surface area contributed by atoms with Crippen molar-refractivity contribution in [3.05, 3.63) is 47.3 Å². The second-order valence-electron chi connectivity index (χ2n) is 4.33. The van der Waals surface area contributed by atoms with Crippen molar-refractivity contribution >= 4 is 17.5 Å². The molecule has 1 aromatic carbocycles. The monoisotopic (exact) mass is 260 g/mol. The number of carbonyl (C=O) groups excluding carboxylic acids is 1. The first-order valence-electron chi connectivity index (χ1n) is 5.78. The molecule has 4 heteroatoms. The molecule has 0 saturated heterocycles. The summed E-state index contributed by atoms with van der Waals surface area (Å²) in [7, 11) is 1.93. The first-order valence-corrected chi connectivity index (χ1v) is 6.77. The standard InChI is InChI=1S/C14H16N2OS/c1-10-4-5-12(8-11(10)2)13(17)9-18-14-15-6-7-16(14)3/h4-8H,9H2,1-3H3. The molecule has 2 rings (SSSR count). The van der Waals surface area contributed by atoms with Crippen LogP contribution in [0.15, 0.2) is 35.7 Å². The number of imidazole rings is 1. The average molecular weight is 260 g/mol. The molecule has 3 nitrogen and oxygen atoms in total. The van der Waals surface area contributed by atoms with Crippen molar-refractivity contribution in [2.24, 2.45) is 7.05 Å². The van der Waals surface area contributed by atoms with Gasteiger partial charge in [-0.15, -0.1) is 0 Å². The van der Waals surface area contributed by atoms with E-state index in [1.807, 2.05) is 49.9 Å². The van der Waals surface area contributed by atoms with Crippen LogP contribution >= 0.6 is 11.8 Å². The van der Waals surface area contributed by atoms with Gasteiger partial charge in [-0.2, -0.15) is 0 Å². The largest absolute Gasteiger partial charge is 0.329 e. The lowest BCUT2D eigenvalue weighted by Gasteiger charge is -2.04. The van der Waals surface area contributed by atoms with Gasteiger partial charge in [-0.3, -0.25) is 4.79 Å². The number of aromatic nitrogens is 2. The number of nitrogens with zero attached hydrogens (tertiary/aromatic N) is 2. The van der Waals surface area contributed by atoms with Gasteiger partial charge in [0.25, 0.3) is 0 Å². The minimum atomic E-state index is 0.145. The highest BCUT2D eigenvalue weighted by molar-refractivity contribution is 7.99. The Labute approximate surface area is 111 Å². The van der Waals surface area contributed by atoms with Crippen LogP contribution in [-0.4, -0.2) is 21.1 Å². The normalized spacial score (nSPS) is 10.6. The zero-order valence-corrected chi connectivity index (χ0v) is 11.6. The van der Waals surface area contributed by atoms with Crippen LogP contribution in [0.2, 0.25) is 0 Å². The van der Waals surface area contributed by atoms with Gasteiger partial charge >= 0.3 is 0 Å². The number of rotatable bonds is 4. The van der Waals surface area contributed by atoms with E-state index in [2.05, 4.69) is 4.98 Å². The van der Waals surface area contributed by atoms with E-state index in [4.69, 9.17) is 0 Å². The average Bonchev–Trinajstić information content (AvgIpc) is 2.75. The van der Waals surface area contributed by atoms with E-state index in [1.54, 1.807) is 6.20 Å². The number of hydrogen-bond acceptors (Lipinski definition) is 3. The Hall–Kier alpha value is -1.55. The first kappa shape index (κ1) is 12.9. The molecule has 94 valence electrons. The zero-order valence-electron chi connectivity index (χ0n) is 10.8. The third kappa shape index (κ3) is 2.82. The molecule has 0 atom stereocenters. The van der Waals surface area contributed by atoms with Crippen LogP contribution in [0.25, 0.3) is 0 Å². The van der Waals surface area contributed by atoms with Gasteiger partial charge in [0.15, 0.2) is 10.9 Å². The Morgan fingerprint density at radius 2 is 2.11 bits per heavy atom. The van der Waals surface area contributed by atoms with E-state index in [0.717, 1.165) is 16.3 Å². The zero-order chi connectivity index (χ0) is 13.1. The fraction of sp³-hybridized carbons (Fsp3) is 0.286. The van der Waals surface area contributed by atoms with E-state index in [0.29, 0.717) is 5.75 Å². The summed E-state index contributed by atoms with van der Waals surface area (Å²) in [5.41, 5.74) is 3.14. The van der Waals surface area contributed by atoms with Crippen LogP contribution < -0.4 is 0 Å². The van der Waals surface area contributed by atoms with Crippen LogP contribution in [0.1, 0.15) is 21.5 Å². The molecule has 0 saturated carbocycles. The van der Waals surface area contributed by atoms with E-state index in [1.165, 1.54) is 17.3 Å². The van der Waals surface area contributed by atoms with Gasteiger partial charge in [0.05, 0.1) is 5.75 Å². The van der Waals surface area contributed by atoms with Crippen LogP contribution in [0.5, 0.6) is 0 Å². The maximum atomic E-state index is 12.1. The molecule has 18 heavy (non-hydrogen) atoms. The molecule has 0 unspecified atom stereocenters. The molecule has 0 fully saturated rings. The fourth-order valence-corrected chi connectivity index (χ4v) is 2.45. The molecule has 0 amide bonds. The minimum Gasteiger partial charge on any atom is -0.329 e. The van der Waals surface area contributed by atoms with Crippen molar-refractivity contribution in [1.82, 2.24) is 9.55 Å². The van der Waals surface area contributed by atoms with Crippen LogP contribution in [0, 0.1) is 13.8 Å². The summed E-state index contributed by atoms with van der Waals surface area (Å²) in [5, 5.41) is 0.868. The van der Waals surface area contributed by atoms with Crippen molar-refractivity contribution in [2.75, 3.05) is 5.75 Å². The van der Waals surface area contributed by atoms with Crippen molar-refractivity contribution in [3.8, 4) is 0 Å². The lowest BCUT2D eigenvalue weighted by Crippen LogP contribution is -2.04. The highest BCUT2D eigenvalue weighted by Crippen LogP contribution is 2.17. The summed E-state index contributed by atoms with van der Waals surface area (Å²) < 4.78 is 1.92. The summed E-state index contributed by atoms with van der Waals surface area (Å²) in [6.07, 6.45) is 3.62. The Balaban J connectivity index is 2.04. The molecule has 0 N–H and O–H groups in total. The molecule has 0 radical (unpaired) electrons. The quantitative estimate of drug-likeness (QED) is 0.626. The Morgan fingerprint density at radius 3 is 2.72 bits per heavy atom. The topological polar surface area (TPSA) is 34.9 Å². The van der Waals surface area contributed by atoms with Crippen LogP contribution in [0.4, 0.5) is 0 Å². The second-order valence-corrected chi connectivity index (χ2v) is 5.27. The molecular formula is C14H16N2OS. The van der Waals surface area contributed by atoms with E-state index in [-0.39, 0.29) is 5.78 Å². The lowest BCUT2D eigenvalue weighted by atomic mass is 10.0. The molecule has 0 aliphatic carbocycles. The van der Waals surface area contributed by atoms with Gasteiger partial charge < -0.3 is 4.57 Å². The fourth-order valence-electron chi connectivity index (χ4n) is 1.62. The smallest absolute Gasteiger partial charge is 0.173 e. The summed E-state index contributed by atoms with van der Waals surface area (Å²) in [5.74, 6) is 0.568. The van der Waals surface area contributed by atoms with Gasteiger partial charge in [0, 0.05) is 25.0 Å². The van der Waals surface area contributed by atoms with Crippen molar-refractivity contribution < 1.29 is 4.79 Å². The molecule has 0 spiro atoms. The second kappa shape index (κ2) is 5.40. The Bertz CT molecular complexity index is 575. The number of benzene rings is 1. The molecule has 0 bridgehead atoms. The van der Waals surface area contributed by atoms with Crippen LogP contribution in [-0.2, 0) is 7.05 Å². The summed E-state index contributed by atoms with van der Waals surface area (Å²) in [6, 6.07) is 5.84. The highest BCUT2D eigenvalue weighted by Gasteiger charge is 2.09. The molecule has 0 aliphatic heterocycles. The predicted molar refractivity (Wildman–Crippen MR) is 74.2 cm³/mol. The van der Waals surface area contributed by atoms with Gasteiger partial charge in [0.2, 0.25) is 0 Å². The maximum absolute atomic E-state index is 12.1. The van der Waals surface area contributed by atoms with Gasteiger partial charge in [-0.25, -0.2) is 4.98 Å². The van der Waals surface area contributed by atoms with Gasteiger partial charge in [-0.1, -0.05) is 23.9 Å². The maximum Gasteiger partial charge on any atom is 0.173 e. The van der Waals surface area contributed by atoms with Crippen molar-refractivity contribution in [1.29, 1.82) is 0 Å². The molecule has 1 heterocycles. The summed E-state index contributed by atoms with van der Waals surface area (Å²) in [4.78, 5) is 16.2. The highest BCUT2D eigenvalue weighted by atomic mass is 32.2. The minimum absolute atomic E-state index is 0.145. The van der Waals surface area contributed by atoms with E-state index in [9.17, 15) is 4.79 Å². The number of Topliss-reactive ketones (excluding diaryl/α,β-unsaturated/α-hetero) is 1. The number of hydrogen-bond donors (Lipinski definition) is 0. The molecule has 2 aromatic rings. The molecule has 1 aromatic heterocycles. The van der Waals surface area contributed by atoms with Gasteiger partial charge in [-0.05, 0) is 31.0 Å². The predicted octanol–water partition coefficient (Wildman–Crippen LogP) is 3.01. The lowest BCUT2D eigenvalue weighted by molar-refractivity contribution is 0.102. The Morgan fingerprint density at radius 1 is 1.33 bits per heavy atom. The van der Waals surface area contributed by atoms with E-state index >= 15 is 0 Å².